The molecule has 1 saturated heterocycles. The fraction of sp³-hybridized carbons (Fsp3) is 0.278. The SMILES string of the molecule is N#Cc1cccc(NCC(=O)N2CCN(C(=O)c3ccco3)CC2)c1. The molecule has 0 bridgehead atoms. The Kier molecular flexibility index (Phi) is 5.00. The Morgan fingerprint density at radius 3 is 2.56 bits per heavy atom. The number of nitrogens with zero attached hydrogens (tertiary/aromatic N) is 3. The minimum Gasteiger partial charge on any atom is -0.459 e. The Bertz CT molecular complexity index is 787. The van der Waals surface area contributed by atoms with Crippen molar-refractivity contribution in [1.82, 2.24) is 9.80 Å². The van der Waals surface area contributed by atoms with Crippen molar-refractivity contribution in [1.29, 1.82) is 5.26 Å². The lowest BCUT2D eigenvalue weighted by Crippen LogP contribution is -2.51. The topological polar surface area (TPSA) is 89.6 Å². The number of piperazine rings is 1. The zero-order valence-corrected chi connectivity index (χ0v) is 13.6. The number of furan rings is 1. The van der Waals surface area contributed by atoms with Gasteiger partial charge in [-0.2, -0.15) is 5.26 Å². The number of amides is 2. The first kappa shape index (κ1) is 16.6. The van der Waals surface area contributed by atoms with Gasteiger partial charge in [0.05, 0.1) is 24.4 Å². The first-order chi connectivity index (χ1) is 12.2. The molecule has 1 fully saturated rings. The summed E-state index contributed by atoms with van der Waals surface area (Å²) >= 11 is 0. The van der Waals surface area contributed by atoms with Crippen molar-refractivity contribution in [2.24, 2.45) is 0 Å². The van der Waals surface area contributed by atoms with Gasteiger partial charge in [0.1, 0.15) is 0 Å². The van der Waals surface area contributed by atoms with Crippen LogP contribution in [-0.4, -0.2) is 54.3 Å². The van der Waals surface area contributed by atoms with Crippen LogP contribution in [0.15, 0.2) is 47.1 Å². The molecule has 128 valence electrons. The van der Waals surface area contributed by atoms with Crippen LogP contribution in [0.3, 0.4) is 0 Å². The van der Waals surface area contributed by atoms with Gasteiger partial charge in [0.2, 0.25) is 5.91 Å². The summed E-state index contributed by atoms with van der Waals surface area (Å²) in [4.78, 5) is 27.9. The van der Waals surface area contributed by atoms with Gasteiger partial charge in [-0.15, -0.1) is 0 Å². The quantitative estimate of drug-likeness (QED) is 0.913. The predicted octanol–water partition coefficient (Wildman–Crippen LogP) is 1.55. The molecule has 0 aliphatic carbocycles. The number of benzene rings is 1. The molecule has 2 heterocycles. The minimum absolute atomic E-state index is 0.0348. The molecular formula is C18H18N4O3. The van der Waals surface area contributed by atoms with E-state index in [1.54, 1.807) is 40.1 Å². The van der Waals surface area contributed by atoms with Crippen LogP contribution in [0.1, 0.15) is 16.1 Å². The van der Waals surface area contributed by atoms with Crippen molar-refractivity contribution in [3.8, 4) is 6.07 Å². The molecule has 7 heteroatoms. The van der Waals surface area contributed by atoms with Gasteiger partial charge >= 0.3 is 0 Å². The van der Waals surface area contributed by atoms with E-state index >= 15 is 0 Å². The number of carbonyl (C=O) groups excluding carboxylic acids is 2. The predicted molar refractivity (Wildman–Crippen MR) is 90.8 cm³/mol. The second kappa shape index (κ2) is 7.53. The van der Waals surface area contributed by atoms with Crippen LogP contribution in [0, 0.1) is 11.3 Å². The molecular weight excluding hydrogens is 320 g/mol. The zero-order chi connectivity index (χ0) is 17.6. The fourth-order valence-corrected chi connectivity index (χ4v) is 2.70. The molecule has 3 rings (SSSR count). The van der Waals surface area contributed by atoms with Gasteiger partial charge < -0.3 is 19.5 Å². The van der Waals surface area contributed by atoms with Crippen molar-refractivity contribution in [3.63, 3.8) is 0 Å². The molecule has 0 unspecified atom stereocenters. The van der Waals surface area contributed by atoms with Crippen molar-refractivity contribution >= 4 is 17.5 Å². The van der Waals surface area contributed by atoms with E-state index in [-0.39, 0.29) is 18.4 Å². The lowest BCUT2D eigenvalue weighted by atomic mass is 10.2. The lowest BCUT2D eigenvalue weighted by molar-refractivity contribution is -0.130. The third kappa shape index (κ3) is 3.98. The Balaban J connectivity index is 1.48. The minimum atomic E-state index is -0.149. The number of carbonyl (C=O) groups is 2. The number of hydrogen-bond acceptors (Lipinski definition) is 5. The van der Waals surface area contributed by atoms with E-state index in [1.165, 1.54) is 6.26 Å². The molecule has 1 N–H and O–H groups in total. The summed E-state index contributed by atoms with van der Waals surface area (Å²) in [7, 11) is 0. The van der Waals surface area contributed by atoms with Crippen LogP contribution in [0.2, 0.25) is 0 Å². The smallest absolute Gasteiger partial charge is 0.289 e. The average molecular weight is 338 g/mol. The highest BCUT2D eigenvalue weighted by Crippen LogP contribution is 2.11. The highest BCUT2D eigenvalue weighted by Gasteiger charge is 2.25. The Morgan fingerprint density at radius 2 is 1.88 bits per heavy atom. The average Bonchev–Trinajstić information content (AvgIpc) is 3.20. The highest BCUT2D eigenvalue weighted by atomic mass is 16.3. The summed E-state index contributed by atoms with van der Waals surface area (Å²) in [6.45, 7) is 2.10. The highest BCUT2D eigenvalue weighted by molar-refractivity contribution is 5.91. The summed E-state index contributed by atoms with van der Waals surface area (Å²) in [6, 6.07) is 12.4. The summed E-state index contributed by atoms with van der Waals surface area (Å²) < 4.78 is 5.12. The first-order valence-electron chi connectivity index (χ1n) is 8.02. The van der Waals surface area contributed by atoms with E-state index in [0.717, 1.165) is 5.69 Å². The van der Waals surface area contributed by atoms with Crippen LogP contribution in [0.25, 0.3) is 0 Å². The molecule has 0 radical (unpaired) electrons. The van der Waals surface area contributed by atoms with Crippen LogP contribution >= 0.6 is 0 Å². The van der Waals surface area contributed by atoms with Gasteiger partial charge in [-0.25, -0.2) is 0 Å². The Hall–Kier alpha value is -3.27. The standard InChI is InChI=1S/C18H18N4O3/c19-12-14-3-1-4-15(11-14)20-13-17(23)21-6-8-22(9-7-21)18(24)16-5-2-10-25-16/h1-5,10-11,20H,6-9,13H2. The largest absolute Gasteiger partial charge is 0.459 e. The van der Waals surface area contributed by atoms with E-state index in [0.29, 0.717) is 37.5 Å². The van der Waals surface area contributed by atoms with Gasteiger partial charge in [0.25, 0.3) is 5.91 Å². The van der Waals surface area contributed by atoms with Crippen LogP contribution < -0.4 is 5.32 Å². The number of anilines is 1. The van der Waals surface area contributed by atoms with E-state index in [4.69, 9.17) is 9.68 Å². The van der Waals surface area contributed by atoms with Crippen LogP contribution in [0.5, 0.6) is 0 Å². The molecule has 2 amide bonds. The normalized spacial score (nSPS) is 14.0. The molecule has 2 aromatic rings. The molecule has 0 atom stereocenters. The van der Waals surface area contributed by atoms with Crippen molar-refractivity contribution in [2.45, 2.75) is 0 Å². The summed E-state index contributed by atoms with van der Waals surface area (Å²) in [5.41, 5.74) is 1.28. The van der Waals surface area contributed by atoms with E-state index in [9.17, 15) is 9.59 Å². The molecule has 1 aliphatic heterocycles. The summed E-state index contributed by atoms with van der Waals surface area (Å²) in [5, 5.41) is 11.9. The van der Waals surface area contributed by atoms with Gasteiger partial charge in [-0.1, -0.05) is 6.07 Å². The number of hydrogen-bond donors (Lipinski definition) is 1. The van der Waals surface area contributed by atoms with Gasteiger partial charge in [-0.05, 0) is 30.3 Å². The second-order valence-corrected chi connectivity index (χ2v) is 5.70. The molecule has 1 aromatic carbocycles. The maximum absolute atomic E-state index is 12.3. The third-order valence-electron chi connectivity index (χ3n) is 4.09. The van der Waals surface area contributed by atoms with Crippen LogP contribution in [0.4, 0.5) is 5.69 Å². The fourth-order valence-electron chi connectivity index (χ4n) is 2.70. The monoisotopic (exact) mass is 338 g/mol. The Labute approximate surface area is 145 Å². The van der Waals surface area contributed by atoms with E-state index < -0.39 is 0 Å². The maximum Gasteiger partial charge on any atom is 0.289 e. The van der Waals surface area contributed by atoms with Crippen molar-refractivity contribution in [3.05, 3.63) is 54.0 Å². The molecule has 1 aliphatic rings. The lowest BCUT2D eigenvalue weighted by Gasteiger charge is -2.34. The first-order valence-corrected chi connectivity index (χ1v) is 8.02. The Morgan fingerprint density at radius 1 is 1.12 bits per heavy atom. The van der Waals surface area contributed by atoms with Gasteiger partial charge in [-0.3, -0.25) is 9.59 Å². The molecule has 1 aromatic heterocycles. The zero-order valence-electron chi connectivity index (χ0n) is 13.6. The van der Waals surface area contributed by atoms with E-state index in [2.05, 4.69) is 11.4 Å². The van der Waals surface area contributed by atoms with Gasteiger partial charge in [0, 0.05) is 31.9 Å². The van der Waals surface area contributed by atoms with Crippen molar-refractivity contribution in [2.75, 3.05) is 38.0 Å². The number of rotatable bonds is 4. The molecule has 0 spiro atoms. The van der Waals surface area contributed by atoms with Gasteiger partial charge in [0.15, 0.2) is 5.76 Å². The summed E-state index contributed by atoms with van der Waals surface area (Å²) in [5.74, 6) is 0.134. The number of nitriles is 1. The number of nitrogens with one attached hydrogen (secondary N) is 1. The summed E-state index contributed by atoms with van der Waals surface area (Å²) in [6.07, 6.45) is 1.47. The third-order valence-corrected chi connectivity index (χ3v) is 4.09. The van der Waals surface area contributed by atoms with E-state index in [1.807, 2.05) is 6.07 Å². The molecule has 0 saturated carbocycles. The van der Waals surface area contributed by atoms with Crippen LogP contribution in [-0.2, 0) is 4.79 Å². The molecule has 7 nitrogen and oxygen atoms in total. The second-order valence-electron chi connectivity index (χ2n) is 5.70. The maximum atomic E-state index is 12.3. The molecule has 25 heavy (non-hydrogen) atoms. The van der Waals surface area contributed by atoms with Crippen molar-refractivity contribution < 1.29 is 14.0 Å².